The lowest BCUT2D eigenvalue weighted by molar-refractivity contribution is -0.153. The van der Waals surface area contributed by atoms with Crippen molar-refractivity contribution in [1.82, 2.24) is 19.7 Å². The molecule has 2 aliphatic rings. The number of nitrogens with one attached hydrogen (secondary N) is 1. The third kappa shape index (κ3) is 6.37. The Balaban J connectivity index is 1.55. The first-order valence-electron chi connectivity index (χ1n) is 14.8. The Bertz CT molecular complexity index is 1490. The van der Waals surface area contributed by atoms with Crippen molar-refractivity contribution in [3.8, 4) is 0 Å². The van der Waals surface area contributed by atoms with Gasteiger partial charge in [0.15, 0.2) is 5.78 Å². The largest absolute Gasteiger partial charge is 0.361 e. The number of carbonyl (C=O) groups excluding carboxylic acids is 3. The Hall–Kier alpha value is -2.46. The summed E-state index contributed by atoms with van der Waals surface area (Å²) in [4.78, 5) is 50.4. The molecule has 0 saturated carbocycles. The van der Waals surface area contributed by atoms with Crippen LogP contribution in [0.4, 0.5) is 0 Å². The van der Waals surface area contributed by atoms with Crippen LogP contribution < -0.4 is 5.73 Å². The smallest absolute Gasteiger partial charge is 0.249 e. The third-order valence-corrected chi connectivity index (χ3v) is 10.3. The predicted molar refractivity (Wildman–Crippen MR) is 171 cm³/mol. The SMILES string of the molecule is CC(=O)N(Cc1cc(Cl)c(Cl)c(Cl)c1)C(=O)C(N1CCC(N2CCCCC2)CC1)C(N)(C(C)=O)c1c[nH]c2ccccc12. The van der Waals surface area contributed by atoms with Crippen LogP contribution in [0.3, 0.4) is 0 Å². The first kappa shape index (κ1) is 31.9. The zero-order chi connectivity index (χ0) is 30.9. The summed E-state index contributed by atoms with van der Waals surface area (Å²) in [6, 6.07) is 9.99. The van der Waals surface area contributed by atoms with E-state index in [4.69, 9.17) is 40.5 Å². The lowest BCUT2D eigenvalue weighted by Gasteiger charge is -2.47. The average molecular weight is 647 g/mol. The molecule has 0 bridgehead atoms. The molecule has 3 aromatic rings. The number of nitrogens with two attached hydrogens (primary N) is 1. The summed E-state index contributed by atoms with van der Waals surface area (Å²) < 4.78 is 0. The quantitative estimate of drug-likeness (QED) is 0.302. The van der Waals surface area contributed by atoms with Gasteiger partial charge in [0.25, 0.3) is 0 Å². The third-order valence-electron chi connectivity index (χ3n) is 9.08. The molecule has 2 fully saturated rings. The number of H-pyrrole nitrogens is 1. The van der Waals surface area contributed by atoms with E-state index < -0.39 is 23.4 Å². The summed E-state index contributed by atoms with van der Waals surface area (Å²) in [6.07, 6.45) is 7.05. The number of ketones is 1. The van der Waals surface area contributed by atoms with Crippen molar-refractivity contribution in [1.29, 1.82) is 0 Å². The van der Waals surface area contributed by atoms with Gasteiger partial charge in [-0.25, -0.2) is 0 Å². The zero-order valence-electron chi connectivity index (χ0n) is 24.5. The highest BCUT2D eigenvalue weighted by Crippen LogP contribution is 2.37. The fourth-order valence-electron chi connectivity index (χ4n) is 6.75. The van der Waals surface area contributed by atoms with E-state index in [0.29, 0.717) is 30.3 Å². The summed E-state index contributed by atoms with van der Waals surface area (Å²) >= 11 is 18.7. The molecule has 3 heterocycles. The summed E-state index contributed by atoms with van der Waals surface area (Å²) in [5.74, 6) is -1.39. The van der Waals surface area contributed by atoms with Gasteiger partial charge in [-0.2, -0.15) is 0 Å². The Morgan fingerprint density at radius 1 is 1.00 bits per heavy atom. The number of imide groups is 1. The van der Waals surface area contributed by atoms with E-state index in [9.17, 15) is 14.4 Å². The molecule has 0 radical (unpaired) electrons. The van der Waals surface area contributed by atoms with Gasteiger partial charge in [0.2, 0.25) is 11.8 Å². The minimum Gasteiger partial charge on any atom is -0.361 e. The Morgan fingerprint density at radius 2 is 1.63 bits per heavy atom. The first-order chi connectivity index (χ1) is 20.5. The second kappa shape index (κ2) is 13.3. The second-order valence-electron chi connectivity index (χ2n) is 11.8. The number of hydrogen-bond acceptors (Lipinski definition) is 6. The van der Waals surface area contributed by atoms with E-state index in [2.05, 4.69) is 9.88 Å². The molecule has 230 valence electrons. The van der Waals surface area contributed by atoms with Gasteiger partial charge in [-0.1, -0.05) is 59.4 Å². The number of aromatic amines is 1. The molecule has 2 aromatic carbocycles. The summed E-state index contributed by atoms with van der Waals surface area (Å²) in [5.41, 5.74) is 7.30. The van der Waals surface area contributed by atoms with Gasteiger partial charge in [-0.3, -0.25) is 24.2 Å². The summed E-state index contributed by atoms with van der Waals surface area (Å²) in [7, 11) is 0. The molecule has 1 aromatic heterocycles. The van der Waals surface area contributed by atoms with Crippen LogP contribution in [0.25, 0.3) is 10.9 Å². The van der Waals surface area contributed by atoms with Gasteiger partial charge in [-0.15, -0.1) is 0 Å². The highest BCUT2D eigenvalue weighted by Gasteiger charge is 2.52. The maximum Gasteiger partial charge on any atom is 0.249 e. The number of fused-ring (bicyclic) bond motifs is 1. The van der Waals surface area contributed by atoms with Crippen LogP contribution in [0.5, 0.6) is 0 Å². The lowest BCUT2D eigenvalue weighted by Crippen LogP contribution is -2.67. The molecular formula is C32H38Cl3N5O3. The number of likely N-dealkylation sites (tertiary alicyclic amines) is 2. The van der Waals surface area contributed by atoms with Crippen LogP contribution in [0.1, 0.15) is 57.1 Å². The molecule has 2 aliphatic heterocycles. The molecule has 2 atom stereocenters. The van der Waals surface area contributed by atoms with E-state index >= 15 is 0 Å². The zero-order valence-corrected chi connectivity index (χ0v) is 26.8. The van der Waals surface area contributed by atoms with Gasteiger partial charge in [-0.05, 0) is 69.5 Å². The molecule has 2 unspecified atom stereocenters. The van der Waals surface area contributed by atoms with E-state index in [1.165, 1.54) is 33.1 Å². The van der Waals surface area contributed by atoms with Crippen LogP contribution in [-0.4, -0.2) is 75.5 Å². The number of amides is 2. The number of carbonyl (C=O) groups is 3. The Labute approximate surface area is 267 Å². The van der Waals surface area contributed by atoms with Crippen LogP contribution in [0.15, 0.2) is 42.6 Å². The monoisotopic (exact) mass is 645 g/mol. The number of benzene rings is 2. The highest BCUT2D eigenvalue weighted by molar-refractivity contribution is 6.48. The standard InChI is InChI=1S/C32H38Cl3N5O3/c1-20(41)32(36,25-18-37-28-9-5-4-8-24(25)28)30(39-14-10-23(11-15-39)38-12-6-3-7-13-38)31(43)40(21(2)42)19-22-16-26(33)29(35)27(34)17-22/h4-5,8-9,16-18,23,30,37H,3,6-7,10-15,19,36H2,1-2H3. The normalized spacial score (nSPS) is 19.2. The fourth-order valence-corrected chi connectivity index (χ4v) is 7.39. The fraction of sp³-hybridized carbons (Fsp3) is 0.469. The summed E-state index contributed by atoms with van der Waals surface area (Å²) in [6.45, 7) is 5.94. The molecule has 5 rings (SSSR count). The predicted octanol–water partition coefficient (Wildman–Crippen LogP) is 5.77. The number of piperidine rings is 2. The van der Waals surface area contributed by atoms with Crippen molar-refractivity contribution in [2.24, 2.45) is 5.73 Å². The Kier molecular flexibility index (Phi) is 9.86. The van der Waals surface area contributed by atoms with Crippen molar-refractivity contribution in [3.63, 3.8) is 0 Å². The summed E-state index contributed by atoms with van der Waals surface area (Å²) in [5, 5.41) is 1.38. The molecule has 8 nitrogen and oxygen atoms in total. The molecule has 0 spiro atoms. The van der Waals surface area contributed by atoms with Crippen LogP contribution in [0, 0.1) is 0 Å². The maximum absolute atomic E-state index is 14.7. The molecule has 2 amide bonds. The van der Waals surface area contributed by atoms with Crippen molar-refractivity contribution in [2.45, 2.75) is 70.1 Å². The second-order valence-corrected chi connectivity index (χ2v) is 12.9. The van der Waals surface area contributed by atoms with Gasteiger partial charge >= 0.3 is 0 Å². The number of aromatic nitrogens is 1. The van der Waals surface area contributed by atoms with Crippen molar-refractivity contribution in [2.75, 3.05) is 26.2 Å². The average Bonchev–Trinajstić information content (AvgIpc) is 3.44. The number of Topliss-reactive ketones (excluding diaryl/α,β-unsaturated/α-hetero) is 1. The van der Waals surface area contributed by atoms with Crippen molar-refractivity contribution >= 4 is 63.3 Å². The highest BCUT2D eigenvalue weighted by atomic mass is 35.5. The molecular weight excluding hydrogens is 609 g/mol. The Morgan fingerprint density at radius 3 is 2.23 bits per heavy atom. The van der Waals surface area contributed by atoms with Crippen molar-refractivity contribution < 1.29 is 14.4 Å². The van der Waals surface area contributed by atoms with Gasteiger partial charge in [0.1, 0.15) is 11.6 Å². The molecule has 0 aliphatic carbocycles. The molecule has 3 N–H and O–H groups in total. The molecule has 11 heteroatoms. The van der Waals surface area contributed by atoms with Gasteiger partial charge in [0, 0.05) is 48.7 Å². The number of hydrogen-bond donors (Lipinski definition) is 2. The van der Waals surface area contributed by atoms with Crippen LogP contribution in [0.2, 0.25) is 15.1 Å². The van der Waals surface area contributed by atoms with Gasteiger partial charge in [0.05, 0.1) is 21.6 Å². The number of para-hydroxylation sites is 1. The molecule has 43 heavy (non-hydrogen) atoms. The van der Waals surface area contributed by atoms with E-state index in [1.54, 1.807) is 18.3 Å². The number of rotatable bonds is 8. The van der Waals surface area contributed by atoms with Crippen LogP contribution >= 0.6 is 34.8 Å². The van der Waals surface area contributed by atoms with E-state index in [-0.39, 0.29) is 27.4 Å². The first-order valence-corrected chi connectivity index (χ1v) is 16.0. The lowest BCUT2D eigenvalue weighted by atomic mass is 9.77. The minimum absolute atomic E-state index is 0.104. The van der Waals surface area contributed by atoms with E-state index in [0.717, 1.165) is 41.7 Å². The number of nitrogens with zero attached hydrogens (tertiary/aromatic N) is 3. The molecule has 2 saturated heterocycles. The minimum atomic E-state index is -1.74. The van der Waals surface area contributed by atoms with Crippen molar-refractivity contribution in [3.05, 3.63) is 68.8 Å². The topological polar surface area (TPSA) is 103 Å². The van der Waals surface area contributed by atoms with Gasteiger partial charge < -0.3 is 15.6 Å². The maximum atomic E-state index is 14.7. The number of halogens is 3. The van der Waals surface area contributed by atoms with Crippen LogP contribution in [-0.2, 0) is 26.5 Å². The van der Waals surface area contributed by atoms with E-state index in [1.807, 2.05) is 29.2 Å².